The van der Waals surface area contributed by atoms with Gasteiger partial charge in [0.05, 0.1) is 10.5 Å². The van der Waals surface area contributed by atoms with Crippen LogP contribution in [0.4, 0.5) is 0 Å². The molecular weight excluding hydrogens is 433 g/mol. The van der Waals surface area contributed by atoms with Crippen LogP contribution in [0.1, 0.15) is 15.9 Å². The summed E-state index contributed by atoms with van der Waals surface area (Å²) >= 11 is 12.1. The van der Waals surface area contributed by atoms with Gasteiger partial charge in [-0.15, -0.1) is 0 Å². The molecular formula is C20H17Cl2N3O3S. The van der Waals surface area contributed by atoms with Crippen LogP contribution in [-0.4, -0.2) is 26.4 Å². The Labute approximate surface area is 178 Å². The van der Waals surface area contributed by atoms with Crippen LogP contribution < -0.4 is 10.0 Å². The Morgan fingerprint density at radius 2 is 1.72 bits per heavy atom. The number of rotatable bonds is 6. The van der Waals surface area contributed by atoms with E-state index in [1.807, 2.05) is 12.1 Å². The van der Waals surface area contributed by atoms with Crippen LogP contribution in [0.5, 0.6) is 0 Å². The Bertz CT molecular complexity index is 1150. The number of carbonyl (C=O) groups excluding carboxylic acids is 1. The van der Waals surface area contributed by atoms with Gasteiger partial charge in [-0.3, -0.25) is 9.78 Å². The maximum absolute atomic E-state index is 12.5. The fraction of sp³-hybridized carbons (Fsp3) is 0.100. The van der Waals surface area contributed by atoms with Crippen LogP contribution in [0, 0.1) is 0 Å². The zero-order valence-electron chi connectivity index (χ0n) is 15.3. The van der Waals surface area contributed by atoms with Crippen molar-refractivity contribution in [1.82, 2.24) is 15.0 Å². The predicted octanol–water partition coefficient (Wildman–Crippen LogP) is 3.89. The van der Waals surface area contributed by atoms with E-state index in [9.17, 15) is 13.2 Å². The molecule has 0 radical (unpaired) electrons. The molecule has 6 nitrogen and oxygen atoms in total. The number of amides is 1. The lowest BCUT2D eigenvalue weighted by molar-refractivity contribution is 0.0950. The molecule has 29 heavy (non-hydrogen) atoms. The Hall–Kier alpha value is -2.45. The van der Waals surface area contributed by atoms with Crippen molar-refractivity contribution >= 4 is 39.1 Å². The quantitative estimate of drug-likeness (QED) is 0.597. The number of pyridine rings is 1. The number of nitrogens with zero attached hydrogens (tertiary/aromatic N) is 1. The molecule has 0 aliphatic heterocycles. The van der Waals surface area contributed by atoms with E-state index in [0.717, 1.165) is 11.1 Å². The van der Waals surface area contributed by atoms with Crippen molar-refractivity contribution in [3.8, 4) is 11.1 Å². The first kappa shape index (κ1) is 21.3. The lowest BCUT2D eigenvalue weighted by Crippen LogP contribution is -2.23. The van der Waals surface area contributed by atoms with Crippen molar-refractivity contribution in [2.75, 3.05) is 7.05 Å². The Morgan fingerprint density at radius 3 is 2.38 bits per heavy atom. The molecule has 150 valence electrons. The molecule has 0 aliphatic carbocycles. The molecule has 0 atom stereocenters. The Kier molecular flexibility index (Phi) is 6.54. The highest BCUT2D eigenvalue weighted by Gasteiger charge is 2.14. The third kappa shape index (κ3) is 5.13. The molecule has 1 aromatic heterocycles. The van der Waals surface area contributed by atoms with Crippen LogP contribution >= 0.6 is 23.2 Å². The molecule has 1 amide bonds. The van der Waals surface area contributed by atoms with Gasteiger partial charge in [0.1, 0.15) is 0 Å². The van der Waals surface area contributed by atoms with Gasteiger partial charge >= 0.3 is 0 Å². The second kappa shape index (κ2) is 8.92. The van der Waals surface area contributed by atoms with Gasteiger partial charge in [-0.25, -0.2) is 13.1 Å². The summed E-state index contributed by atoms with van der Waals surface area (Å²) in [4.78, 5) is 16.7. The van der Waals surface area contributed by atoms with E-state index < -0.39 is 10.0 Å². The van der Waals surface area contributed by atoms with Crippen LogP contribution in [0.3, 0.4) is 0 Å². The molecule has 3 rings (SSSR count). The molecule has 0 fully saturated rings. The largest absolute Gasteiger partial charge is 0.348 e. The number of carbonyl (C=O) groups is 1. The maximum atomic E-state index is 12.5. The number of aromatic nitrogens is 1. The molecule has 9 heteroatoms. The number of hydrogen-bond acceptors (Lipinski definition) is 4. The zero-order chi connectivity index (χ0) is 21.0. The molecule has 2 aromatic carbocycles. The monoisotopic (exact) mass is 449 g/mol. The second-order valence-corrected chi connectivity index (χ2v) is 8.84. The zero-order valence-corrected chi connectivity index (χ0v) is 17.6. The van der Waals surface area contributed by atoms with Gasteiger partial charge in [-0.1, -0.05) is 41.4 Å². The lowest BCUT2D eigenvalue weighted by atomic mass is 10.1. The fourth-order valence-electron chi connectivity index (χ4n) is 2.60. The van der Waals surface area contributed by atoms with E-state index in [0.29, 0.717) is 16.1 Å². The molecule has 0 spiro atoms. The Morgan fingerprint density at radius 1 is 1.00 bits per heavy atom. The number of hydrogen-bond donors (Lipinski definition) is 2. The number of benzene rings is 2. The Balaban J connectivity index is 1.73. The molecule has 2 N–H and O–H groups in total. The van der Waals surface area contributed by atoms with E-state index >= 15 is 0 Å². The lowest BCUT2D eigenvalue weighted by Gasteiger charge is -2.10. The van der Waals surface area contributed by atoms with E-state index in [4.69, 9.17) is 23.2 Å². The summed E-state index contributed by atoms with van der Waals surface area (Å²) in [5.74, 6) is -0.323. The first-order valence-corrected chi connectivity index (χ1v) is 10.8. The van der Waals surface area contributed by atoms with Crippen LogP contribution in [-0.2, 0) is 16.6 Å². The smallest absolute Gasteiger partial charge is 0.253 e. The average Bonchev–Trinajstić information content (AvgIpc) is 2.73. The molecule has 0 saturated heterocycles. The third-order valence-electron chi connectivity index (χ3n) is 4.22. The van der Waals surface area contributed by atoms with Gasteiger partial charge < -0.3 is 5.32 Å². The molecule has 0 bridgehead atoms. The summed E-state index contributed by atoms with van der Waals surface area (Å²) in [5.41, 5.74) is 2.66. The highest BCUT2D eigenvalue weighted by molar-refractivity contribution is 7.89. The van der Waals surface area contributed by atoms with E-state index in [2.05, 4.69) is 15.0 Å². The third-order valence-corrected chi connectivity index (χ3v) is 6.24. The summed E-state index contributed by atoms with van der Waals surface area (Å²) in [7, 11) is -2.26. The van der Waals surface area contributed by atoms with Crippen LogP contribution in [0.15, 0.2) is 65.8 Å². The van der Waals surface area contributed by atoms with Gasteiger partial charge in [0.15, 0.2) is 0 Å². The van der Waals surface area contributed by atoms with Gasteiger partial charge in [-0.2, -0.15) is 0 Å². The van der Waals surface area contributed by atoms with Gasteiger partial charge in [0.25, 0.3) is 5.91 Å². The first-order valence-electron chi connectivity index (χ1n) is 8.51. The summed E-state index contributed by atoms with van der Waals surface area (Å²) in [5, 5.41) is 3.64. The van der Waals surface area contributed by atoms with E-state index in [1.54, 1.807) is 30.5 Å². The minimum Gasteiger partial charge on any atom is -0.348 e. The number of nitrogens with one attached hydrogen (secondary N) is 2. The maximum Gasteiger partial charge on any atom is 0.253 e. The van der Waals surface area contributed by atoms with Gasteiger partial charge in [0.2, 0.25) is 10.0 Å². The topological polar surface area (TPSA) is 88.2 Å². The highest BCUT2D eigenvalue weighted by atomic mass is 35.5. The van der Waals surface area contributed by atoms with Crippen LogP contribution in [0.25, 0.3) is 11.1 Å². The summed E-state index contributed by atoms with van der Waals surface area (Å²) in [6, 6.07) is 13.3. The normalized spacial score (nSPS) is 11.3. The van der Waals surface area contributed by atoms with Crippen molar-refractivity contribution in [3.63, 3.8) is 0 Å². The van der Waals surface area contributed by atoms with Crippen molar-refractivity contribution in [2.24, 2.45) is 0 Å². The van der Waals surface area contributed by atoms with Crippen molar-refractivity contribution in [2.45, 2.75) is 11.4 Å². The predicted molar refractivity (Wildman–Crippen MR) is 114 cm³/mol. The summed E-state index contributed by atoms with van der Waals surface area (Å²) in [6.07, 6.45) is 3.14. The molecule has 0 saturated carbocycles. The van der Waals surface area contributed by atoms with Crippen LogP contribution in [0.2, 0.25) is 10.0 Å². The van der Waals surface area contributed by atoms with Crippen molar-refractivity contribution < 1.29 is 13.2 Å². The SMILES string of the molecule is CNS(=O)(=O)c1ccc(CNC(=O)c2cncc(-c3ccc(Cl)cc3)c2)c(Cl)c1. The minimum atomic E-state index is -3.58. The molecule has 3 aromatic rings. The standard InChI is InChI=1S/C20H17Cl2N3O3S/c1-23-29(27,28)18-7-4-14(19(22)9-18)12-25-20(26)16-8-15(10-24-11-16)13-2-5-17(21)6-3-13/h2-11,23H,12H2,1H3,(H,25,26). The summed E-state index contributed by atoms with van der Waals surface area (Å²) < 4.78 is 25.9. The highest BCUT2D eigenvalue weighted by Crippen LogP contribution is 2.23. The number of halogens is 2. The van der Waals surface area contributed by atoms with E-state index in [1.165, 1.54) is 25.4 Å². The van der Waals surface area contributed by atoms with Crippen molar-refractivity contribution in [1.29, 1.82) is 0 Å². The number of sulfonamides is 1. The first-order chi connectivity index (χ1) is 13.8. The fourth-order valence-corrected chi connectivity index (χ4v) is 3.79. The molecule has 0 aliphatic rings. The average molecular weight is 450 g/mol. The van der Waals surface area contributed by atoms with E-state index in [-0.39, 0.29) is 22.4 Å². The summed E-state index contributed by atoms with van der Waals surface area (Å²) in [6.45, 7) is 0.142. The van der Waals surface area contributed by atoms with Gasteiger partial charge in [-0.05, 0) is 48.5 Å². The second-order valence-electron chi connectivity index (χ2n) is 6.11. The van der Waals surface area contributed by atoms with Crippen molar-refractivity contribution in [3.05, 3.63) is 82.1 Å². The van der Waals surface area contributed by atoms with Gasteiger partial charge in [0, 0.05) is 34.5 Å². The molecule has 1 heterocycles. The minimum absolute atomic E-state index is 0.0555. The molecule has 0 unspecified atom stereocenters.